The van der Waals surface area contributed by atoms with Crippen LogP contribution in [0.3, 0.4) is 0 Å². The quantitative estimate of drug-likeness (QED) is 0.464. The van der Waals surface area contributed by atoms with Gasteiger partial charge in [0.2, 0.25) is 0 Å². The molecule has 0 spiro atoms. The Balaban J connectivity index is 1.53. The second-order valence-electron chi connectivity index (χ2n) is 9.08. The molecule has 0 atom stereocenters. The summed E-state index contributed by atoms with van der Waals surface area (Å²) < 4.78 is 27.2. The summed E-state index contributed by atoms with van der Waals surface area (Å²) in [5, 5.41) is 2.76. The van der Waals surface area contributed by atoms with E-state index in [4.69, 9.17) is 4.98 Å². The van der Waals surface area contributed by atoms with E-state index in [2.05, 4.69) is 48.4 Å². The molecular weight excluding hydrogens is 436 g/mol. The number of hydrogen-bond donors (Lipinski definition) is 0. The predicted octanol–water partition coefficient (Wildman–Crippen LogP) is 6.10. The minimum Gasteiger partial charge on any atom is -0.348 e. The van der Waals surface area contributed by atoms with Gasteiger partial charge in [0, 0.05) is 24.0 Å². The van der Waals surface area contributed by atoms with Crippen LogP contribution in [0.15, 0.2) is 34.5 Å². The van der Waals surface area contributed by atoms with E-state index in [1.54, 1.807) is 11.3 Å². The fourth-order valence-electron chi connectivity index (χ4n) is 4.69. The number of rotatable bonds is 4. The van der Waals surface area contributed by atoms with Crippen LogP contribution in [0, 0.1) is 41.5 Å². The number of aryl methyl sites for hydroxylation is 3. The summed E-state index contributed by atoms with van der Waals surface area (Å²) in [5.74, 6) is 0. The number of thiazole rings is 1. The molecule has 1 saturated heterocycles. The Morgan fingerprint density at radius 3 is 2.16 bits per heavy atom. The van der Waals surface area contributed by atoms with Gasteiger partial charge in [-0.1, -0.05) is 24.3 Å². The predicted molar refractivity (Wildman–Crippen MR) is 135 cm³/mol. The molecule has 2 heterocycles. The minimum absolute atomic E-state index is 0.337. The molecule has 1 fully saturated rings. The lowest BCUT2D eigenvalue weighted by molar-refractivity contribution is 0.528. The Morgan fingerprint density at radius 2 is 1.53 bits per heavy atom. The summed E-state index contributed by atoms with van der Waals surface area (Å²) in [7, 11) is -3.37. The van der Waals surface area contributed by atoms with Crippen molar-refractivity contribution in [2.24, 2.45) is 0 Å². The van der Waals surface area contributed by atoms with E-state index in [1.807, 2.05) is 27.7 Å². The van der Waals surface area contributed by atoms with Gasteiger partial charge < -0.3 is 4.90 Å². The molecule has 4 nitrogen and oxygen atoms in total. The van der Waals surface area contributed by atoms with Gasteiger partial charge in [-0.3, -0.25) is 0 Å². The minimum atomic E-state index is -3.37. The van der Waals surface area contributed by atoms with Gasteiger partial charge in [0.1, 0.15) is 0 Å². The zero-order valence-corrected chi connectivity index (χ0v) is 21.5. The van der Waals surface area contributed by atoms with Crippen LogP contribution in [0.4, 0.5) is 5.13 Å². The number of sulfone groups is 1. The normalized spacial score (nSPS) is 15.4. The molecule has 4 rings (SSSR count). The van der Waals surface area contributed by atoms with Crippen molar-refractivity contribution in [3.8, 4) is 11.3 Å². The van der Waals surface area contributed by atoms with E-state index in [0.29, 0.717) is 30.8 Å². The topological polar surface area (TPSA) is 50.3 Å². The van der Waals surface area contributed by atoms with Crippen molar-refractivity contribution in [1.29, 1.82) is 0 Å². The first kappa shape index (κ1) is 23.0. The van der Waals surface area contributed by atoms with E-state index in [0.717, 1.165) is 33.1 Å². The standard InChI is InChI=1S/C26H32N2O2S2/c1-16-8-7-9-23(19(16)4)24-15-31-26(27-24)28-12-10-22(11-13-28)32(29,30)25-20(5)17(2)14-18(3)21(25)6/h7-9,14-15,22H,10-13H2,1-6H3. The highest BCUT2D eigenvalue weighted by Gasteiger charge is 2.34. The van der Waals surface area contributed by atoms with Gasteiger partial charge in [-0.2, -0.15) is 0 Å². The Hall–Kier alpha value is -2.18. The van der Waals surface area contributed by atoms with E-state index in [1.165, 1.54) is 16.7 Å². The fourth-order valence-corrected chi connectivity index (χ4v) is 7.91. The summed E-state index contributed by atoms with van der Waals surface area (Å²) in [5.41, 5.74) is 8.58. The molecule has 3 aromatic rings. The Labute approximate surface area is 196 Å². The van der Waals surface area contributed by atoms with Crippen LogP contribution in [-0.4, -0.2) is 31.7 Å². The second-order valence-corrected chi connectivity index (χ2v) is 12.1. The lowest BCUT2D eigenvalue weighted by atomic mass is 10.0. The maximum Gasteiger partial charge on any atom is 0.185 e. The van der Waals surface area contributed by atoms with Crippen molar-refractivity contribution in [2.75, 3.05) is 18.0 Å². The van der Waals surface area contributed by atoms with Crippen LogP contribution in [0.2, 0.25) is 0 Å². The van der Waals surface area contributed by atoms with Gasteiger partial charge >= 0.3 is 0 Å². The summed E-state index contributed by atoms with van der Waals surface area (Å²) in [4.78, 5) is 7.70. The molecule has 2 aromatic carbocycles. The molecular formula is C26H32N2O2S2. The van der Waals surface area contributed by atoms with Crippen LogP contribution >= 0.6 is 11.3 Å². The highest BCUT2D eigenvalue weighted by Crippen LogP contribution is 2.35. The summed E-state index contributed by atoms with van der Waals surface area (Å²) >= 11 is 1.64. The lowest BCUT2D eigenvalue weighted by Crippen LogP contribution is -2.39. The highest BCUT2D eigenvalue weighted by molar-refractivity contribution is 7.92. The third-order valence-electron chi connectivity index (χ3n) is 7.11. The summed E-state index contributed by atoms with van der Waals surface area (Å²) in [6.45, 7) is 13.6. The van der Waals surface area contributed by atoms with Crippen molar-refractivity contribution in [1.82, 2.24) is 4.98 Å². The molecule has 0 radical (unpaired) electrons. The molecule has 0 bridgehead atoms. The van der Waals surface area contributed by atoms with E-state index >= 15 is 0 Å². The number of hydrogen-bond acceptors (Lipinski definition) is 5. The highest BCUT2D eigenvalue weighted by atomic mass is 32.2. The Kier molecular flexibility index (Phi) is 6.21. The molecule has 0 saturated carbocycles. The van der Waals surface area contributed by atoms with Crippen LogP contribution in [0.25, 0.3) is 11.3 Å². The van der Waals surface area contributed by atoms with Crippen molar-refractivity contribution in [2.45, 2.75) is 64.5 Å². The molecule has 0 N–H and O–H groups in total. The zero-order valence-electron chi connectivity index (χ0n) is 19.8. The molecule has 0 unspecified atom stereocenters. The second kappa shape index (κ2) is 8.64. The summed E-state index contributed by atoms with van der Waals surface area (Å²) in [6, 6.07) is 8.40. The fraction of sp³-hybridized carbons (Fsp3) is 0.423. The number of benzene rings is 2. The molecule has 1 aliphatic heterocycles. The molecule has 170 valence electrons. The first-order chi connectivity index (χ1) is 15.1. The van der Waals surface area contributed by atoms with Crippen LogP contribution in [0.1, 0.15) is 46.2 Å². The van der Waals surface area contributed by atoms with E-state index < -0.39 is 9.84 Å². The van der Waals surface area contributed by atoms with Gasteiger partial charge in [0.15, 0.2) is 15.0 Å². The van der Waals surface area contributed by atoms with Gasteiger partial charge in [-0.05, 0) is 87.8 Å². The largest absolute Gasteiger partial charge is 0.348 e. The van der Waals surface area contributed by atoms with Crippen LogP contribution in [-0.2, 0) is 9.84 Å². The Bertz CT molecular complexity index is 1240. The molecule has 1 aromatic heterocycles. The maximum atomic E-state index is 13.6. The van der Waals surface area contributed by atoms with Crippen LogP contribution < -0.4 is 4.90 Å². The van der Waals surface area contributed by atoms with Crippen molar-refractivity contribution < 1.29 is 8.42 Å². The van der Waals surface area contributed by atoms with Gasteiger partial charge in [0.05, 0.1) is 15.8 Å². The smallest absolute Gasteiger partial charge is 0.185 e. The maximum absolute atomic E-state index is 13.6. The van der Waals surface area contributed by atoms with Gasteiger partial charge in [0.25, 0.3) is 0 Å². The van der Waals surface area contributed by atoms with Crippen LogP contribution in [0.5, 0.6) is 0 Å². The number of piperidine rings is 1. The van der Waals surface area contributed by atoms with Crippen molar-refractivity contribution >= 4 is 26.3 Å². The van der Waals surface area contributed by atoms with E-state index in [9.17, 15) is 8.42 Å². The monoisotopic (exact) mass is 468 g/mol. The van der Waals surface area contributed by atoms with E-state index in [-0.39, 0.29) is 5.25 Å². The third-order valence-corrected chi connectivity index (χ3v) is 10.5. The average molecular weight is 469 g/mol. The Morgan fingerprint density at radius 1 is 0.906 bits per heavy atom. The molecule has 32 heavy (non-hydrogen) atoms. The number of nitrogens with zero attached hydrogens (tertiary/aromatic N) is 2. The molecule has 6 heteroatoms. The summed E-state index contributed by atoms with van der Waals surface area (Å²) in [6.07, 6.45) is 1.26. The first-order valence-corrected chi connectivity index (χ1v) is 13.6. The van der Waals surface area contributed by atoms with Gasteiger partial charge in [-0.15, -0.1) is 11.3 Å². The number of anilines is 1. The lowest BCUT2D eigenvalue weighted by Gasteiger charge is -2.32. The zero-order chi connectivity index (χ0) is 23.2. The molecule has 1 aliphatic rings. The van der Waals surface area contributed by atoms with Crippen molar-refractivity contribution in [3.05, 3.63) is 63.0 Å². The molecule has 0 amide bonds. The number of aromatic nitrogens is 1. The SMILES string of the molecule is Cc1cccc(-c2csc(N3CCC(S(=O)(=O)c4c(C)c(C)cc(C)c4C)CC3)n2)c1C. The van der Waals surface area contributed by atoms with Gasteiger partial charge in [-0.25, -0.2) is 13.4 Å². The average Bonchev–Trinajstić information content (AvgIpc) is 3.24. The molecule has 0 aliphatic carbocycles. The van der Waals surface area contributed by atoms with Crippen molar-refractivity contribution in [3.63, 3.8) is 0 Å². The third kappa shape index (κ3) is 3.99. The first-order valence-electron chi connectivity index (χ1n) is 11.2.